The number of benzene rings is 2. The third-order valence-electron chi connectivity index (χ3n) is 5.63. The van der Waals surface area contributed by atoms with Crippen LogP contribution in [0.5, 0.6) is 0 Å². The SMILES string of the molecule is NC(=O)c1sc2nc(C(F)(F)F)cc(-c3ccccc3)c2c1NC(=O)C1CC(c2cccc(Br)c2)=NO1. The van der Waals surface area contributed by atoms with E-state index in [1.54, 1.807) is 30.3 Å². The number of carbonyl (C=O) groups is 2. The van der Waals surface area contributed by atoms with Crippen molar-refractivity contribution in [2.75, 3.05) is 5.32 Å². The van der Waals surface area contributed by atoms with Gasteiger partial charge in [0.05, 0.1) is 11.4 Å². The number of pyridine rings is 1. The van der Waals surface area contributed by atoms with Crippen molar-refractivity contribution in [1.82, 2.24) is 4.98 Å². The number of nitrogens with one attached hydrogen (secondary N) is 1. The van der Waals surface area contributed by atoms with Crippen molar-refractivity contribution in [3.63, 3.8) is 0 Å². The van der Waals surface area contributed by atoms with Gasteiger partial charge in [0.25, 0.3) is 11.8 Å². The van der Waals surface area contributed by atoms with Gasteiger partial charge in [-0.2, -0.15) is 13.2 Å². The molecule has 0 aliphatic carbocycles. The molecule has 0 spiro atoms. The number of carbonyl (C=O) groups excluding carboxylic acids is 2. The Morgan fingerprint density at radius 3 is 2.49 bits per heavy atom. The molecule has 1 aliphatic rings. The van der Waals surface area contributed by atoms with Crippen molar-refractivity contribution in [3.8, 4) is 11.1 Å². The topological polar surface area (TPSA) is 107 Å². The number of amides is 2. The zero-order chi connectivity index (χ0) is 26.3. The number of primary amides is 1. The first kappa shape index (κ1) is 24.9. The molecule has 2 amide bonds. The highest BCUT2D eigenvalue weighted by Crippen LogP contribution is 2.43. The summed E-state index contributed by atoms with van der Waals surface area (Å²) in [7, 11) is 0. The Morgan fingerprint density at radius 1 is 1.08 bits per heavy atom. The molecule has 2 aromatic carbocycles. The van der Waals surface area contributed by atoms with E-state index in [0.717, 1.165) is 16.1 Å². The van der Waals surface area contributed by atoms with E-state index >= 15 is 0 Å². The van der Waals surface area contributed by atoms with Crippen LogP contribution in [-0.2, 0) is 15.8 Å². The Bertz CT molecular complexity index is 1570. The molecular formula is C25H16BrF3N4O3S. The molecule has 0 saturated carbocycles. The first-order valence-electron chi connectivity index (χ1n) is 10.8. The molecule has 2 aromatic heterocycles. The number of alkyl halides is 3. The maximum absolute atomic E-state index is 13.6. The number of oxime groups is 1. The summed E-state index contributed by atoms with van der Waals surface area (Å²) in [5.41, 5.74) is 6.31. The van der Waals surface area contributed by atoms with Crippen LogP contribution < -0.4 is 11.1 Å². The van der Waals surface area contributed by atoms with Crippen LogP contribution in [0.1, 0.15) is 27.3 Å². The van der Waals surface area contributed by atoms with Gasteiger partial charge >= 0.3 is 6.18 Å². The number of nitrogens with two attached hydrogens (primary N) is 1. The first-order chi connectivity index (χ1) is 17.6. The van der Waals surface area contributed by atoms with Gasteiger partial charge in [0.1, 0.15) is 15.4 Å². The molecule has 37 heavy (non-hydrogen) atoms. The minimum atomic E-state index is -4.73. The van der Waals surface area contributed by atoms with E-state index in [1.165, 1.54) is 0 Å². The third kappa shape index (κ3) is 4.94. The summed E-state index contributed by atoms with van der Waals surface area (Å²) in [4.78, 5) is 34.3. The predicted molar refractivity (Wildman–Crippen MR) is 137 cm³/mol. The van der Waals surface area contributed by atoms with Crippen molar-refractivity contribution in [1.29, 1.82) is 0 Å². The second-order valence-corrected chi connectivity index (χ2v) is 10.0. The first-order valence-corrected chi connectivity index (χ1v) is 12.4. The second-order valence-electron chi connectivity index (χ2n) is 8.11. The van der Waals surface area contributed by atoms with E-state index in [2.05, 4.69) is 31.4 Å². The van der Waals surface area contributed by atoms with Crippen molar-refractivity contribution in [2.24, 2.45) is 10.9 Å². The van der Waals surface area contributed by atoms with Gasteiger partial charge in [-0.1, -0.05) is 63.6 Å². The van der Waals surface area contributed by atoms with Gasteiger partial charge < -0.3 is 15.9 Å². The minimum Gasteiger partial charge on any atom is -0.382 e. The number of hydrogen-bond acceptors (Lipinski definition) is 6. The molecule has 1 aliphatic heterocycles. The maximum atomic E-state index is 13.6. The molecule has 4 aromatic rings. The van der Waals surface area contributed by atoms with E-state index in [-0.39, 0.29) is 32.8 Å². The van der Waals surface area contributed by atoms with Crippen molar-refractivity contribution >= 4 is 60.7 Å². The molecule has 3 heterocycles. The quantitative estimate of drug-likeness (QED) is 0.299. The smallest absolute Gasteiger partial charge is 0.382 e. The van der Waals surface area contributed by atoms with Gasteiger partial charge in [0.2, 0.25) is 6.10 Å². The minimum absolute atomic E-state index is 0.0166. The standard InChI is InChI=1S/C25H16BrF3N4O3S/c26-14-8-4-7-13(9-14)16-11-17(36-33-16)23(35)32-20-19-15(12-5-2-1-3-6-12)10-18(25(27,28)29)31-24(19)37-21(20)22(30)34/h1-10,17H,11H2,(H2,30,34)(H,32,35). The average Bonchev–Trinajstić information content (AvgIpc) is 3.49. The van der Waals surface area contributed by atoms with E-state index in [1.807, 2.05) is 24.3 Å². The number of anilines is 1. The molecule has 0 bridgehead atoms. The van der Waals surface area contributed by atoms with Crippen LogP contribution in [0.3, 0.4) is 0 Å². The highest BCUT2D eigenvalue weighted by molar-refractivity contribution is 9.10. The number of thiophene rings is 1. The van der Waals surface area contributed by atoms with Crippen LogP contribution in [0.15, 0.2) is 70.3 Å². The van der Waals surface area contributed by atoms with E-state index in [9.17, 15) is 22.8 Å². The van der Waals surface area contributed by atoms with Crippen molar-refractivity contribution in [3.05, 3.63) is 81.3 Å². The summed E-state index contributed by atoms with van der Waals surface area (Å²) in [6.07, 6.45) is -5.60. The van der Waals surface area contributed by atoms with E-state index in [0.29, 0.717) is 22.6 Å². The highest BCUT2D eigenvalue weighted by atomic mass is 79.9. The largest absolute Gasteiger partial charge is 0.433 e. The third-order valence-corrected chi connectivity index (χ3v) is 7.22. The van der Waals surface area contributed by atoms with Crippen molar-refractivity contribution in [2.45, 2.75) is 18.7 Å². The van der Waals surface area contributed by atoms with Gasteiger partial charge in [-0.15, -0.1) is 11.3 Å². The van der Waals surface area contributed by atoms with Gasteiger partial charge in [-0.25, -0.2) is 4.98 Å². The Kier molecular flexibility index (Phi) is 6.46. The van der Waals surface area contributed by atoms with Gasteiger partial charge in [-0.05, 0) is 29.3 Å². The molecule has 0 radical (unpaired) electrons. The lowest BCUT2D eigenvalue weighted by molar-refractivity contribution is -0.140. The number of fused-ring (bicyclic) bond motifs is 1. The fraction of sp³-hybridized carbons (Fsp3) is 0.120. The zero-order valence-electron chi connectivity index (χ0n) is 18.7. The lowest BCUT2D eigenvalue weighted by atomic mass is 10.0. The number of aromatic nitrogens is 1. The van der Waals surface area contributed by atoms with Crippen molar-refractivity contribution < 1.29 is 27.6 Å². The molecule has 188 valence electrons. The Hall–Kier alpha value is -3.77. The van der Waals surface area contributed by atoms with Crippen LogP contribution in [0.2, 0.25) is 0 Å². The Morgan fingerprint density at radius 2 is 1.81 bits per heavy atom. The van der Waals surface area contributed by atoms with Gasteiger partial charge in [0.15, 0.2) is 0 Å². The van der Waals surface area contributed by atoms with E-state index < -0.39 is 29.8 Å². The Balaban J connectivity index is 1.55. The summed E-state index contributed by atoms with van der Waals surface area (Å²) < 4.78 is 41.8. The maximum Gasteiger partial charge on any atom is 0.433 e. The monoisotopic (exact) mass is 588 g/mol. The molecule has 1 atom stereocenters. The zero-order valence-corrected chi connectivity index (χ0v) is 21.1. The van der Waals surface area contributed by atoms with Gasteiger partial charge in [0, 0.05) is 21.8 Å². The molecule has 1 unspecified atom stereocenters. The number of hydrogen-bond donors (Lipinski definition) is 2. The molecule has 7 nitrogen and oxygen atoms in total. The molecule has 12 heteroatoms. The molecular weight excluding hydrogens is 573 g/mol. The summed E-state index contributed by atoms with van der Waals surface area (Å²) in [6, 6.07) is 16.5. The normalized spacial score (nSPS) is 15.4. The molecule has 3 N–H and O–H groups in total. The Labute approximate surface area is 220 Å². The van der Waals surface area contributed by atoms with Crippen LogP contribution in [0.25, 0.3) is 21.3 Å². The predicted octanol–water partition coefficient (Wildman–Crippen LogP) is 5.98. The fourth-order valence-electron chi connectivity index (χ4n) is 3.94. The lowest BCUT2D eigenvalue weighted by Gasteiger charge is -2.13. The number of halogens is 4. The van der Waals surface area contributed by atoms with Crippen LogP contribution in [-0.4, -0.2) is 28.6 Å². The van der Waals surface area contributed by atoms with Gasteiger partial charge in [-0.3, -0.25) is 9.59 Å². The van der Waals surface area contributed by atoms with Crippen LogP contribution >= 0.6 is 27.3 Å². The number of nitrogens with zero attached hydrogens (tertiary/aromatic N) is 2. The molecule has 0 saturated heterocycles. The summed E-state index contributed by atoms with van der Waals surface area (Å²) in [6.45, 7) is 0. The summed E-state index contributed by atoms with van der Waals surface area (Å²) in [5.74, 6) is -1.54. The number of rotatable bonds is 5. The summed E-state index contributed by atoms with van der Waals surface area (Å²) in [5, 5.41) is 6.84. The second kappa shape index (κ2) is 9.60. The van der Waals surface area contributed by atoms with Crippen LogP contribution in [0, 0.1) is 0 Å². The van der Waals surface area contributed by atoms with Crippen LogP contribution in [0.4, 0.5) is 18.9 Å². The average molecular weight is 589 g/mol. The van der Waals surface area contributed by atoms with E-state index in [4.69, 9.17) is 10.6 Å². The molecule has 0 fully saturated rings. The summed E-state index contributed by atoms with van der Waals surface area (Å²) >= 11 is 4.07. The highest BCUT2D eigenvalue weighted by Gasteiger charge is 2.36. The molecule has 5 rings (SSSR count). The lowest BCUT2D eigenvalue weighted by Crippen LogP contribution is -2.29. The fourth-order valence-corrected chi connectivity index (χ4v) is 5.35.